The Labute approximate surface area is 122 Å². The third-order valence-electron chi connectivity index (χ3n) is 3.07. The maximum absolute atomic E-state index is 12.1. The van der Waals surface area contributed by atoms with Crippen LogP contribution in [-0.4, -0.2) is 18.2 Å². The number of nitrogens with zero attached hydrogens (tertiary/aromatic N) is 2. The van der Waals surface area contributed by atoms with Gasteiger partial charge in [-0.3, -0.25) is 4.68 Å². The lowest BCUT2D eigenvalue weighted by Gasteiger charge is -2.08. The Hall–Kier alpha value is -1.57. The minimum Gasteiger partial charge on any atom is -0.398 e. The van der Waals surface area contributed by atoms with Gasteiger partial charge in [-0.1, -0.05) is 11.6 Å². The average molecular weight is 315 g/mol. The van der Waals surface area contributed by atoms with Gasteiger partial charge in [0.15, 0.2) is 0 Å². The summed E-state index contributed by atoms with van der Waals surface area (Å²) in [5.74, 6) is 0. The van der Waals surface area contributed by atoms with E-state index in [0.717, 1.165) is 11.3 Å². The maximum atomic E-state index is 12.1. The van der Waals surface area contributed by atoms with Crippen molar-refractivity contribution in [1.29, 1.82) is 0 Å². The zero-order valence-corrected chi connectivity index (χ0v) is 12.7. The molecule has 0 spiro atoms. The van der Waals surface area contributed by atoms with E-state index in [4.69, 9.17) is 17.3 Å². The molecule has 108 valence electrons. The molecule has 0 amide bonds. The molecule has 2 rings (SSSR count). The van der Waals surface area contributed by atoms with Crippen molar-refractivity contribution in [1.82, 2.24) is 14.5 Å². The van der Waals surface area contributed by atoms with Gasteiger partial charge in [0.25, 0.3) is 0 Å². The average Bonchev–Trinajstić information content (AvgIpc) is 2.71. The molecule has 1 aromatic carbocycles. The predicted octanol–water partition coefficient (Wildman–Crippen LogP) is 1.44. The van der Waals surface area contributed by atoms with Crippen LogP contribution < -0.4 is 10.5 Å². The second-order valence-corrected chi connectivity index (χ2v) is 6.56. The first-order valence-electron chi connectivity index (χ1n) is 5.83. The quantitative estimate of drug-likeness (QED) is 0.836. The van der Waals surface area contributed by atoms with Crippen LogP contribution >= 0.6 is 11.6 Å². The van der Waals surface area contributed by atoms with Crippen LogP contribution in [0.5, 0.6) is 0 Å². The summed E-state index contributed by atoms with van der Waals surface area (Å²) in [5.41, 5.74) is 7.63. The summed E-state index contributed by atoms with van der Waals surface area (Å²) in [6, 6.07) is 4.21. The highest BCUT2D eigenvalue weighted by atomic mass is 35.5. The third-order valence-corrected chi connectivity index (χ3v) is 4.80. The Morgan fingerprint density at radius 2 is 2.15 bits per heavy atom. The number of halogens is 1. The van der Waals surface area contributed by atoms with Crippen molar-refractivity contribution in [2.45, 2.75) is 18.4 Å². The SMILES string of the molecule is Cc1c(CNS(=O)(=O)c2ccc(N)c(Cl)c2)cnn1C. The molecule has 20 heavy (non-hydrogen) atoms. The molecule has 1 heterocycles. The van der Waals surface area contributed by atoms with E-state index in [1.165, 1.54) is 18.2 Å². The second-order valence-electron chi connectivity index (χ2n) is 4.39. The van der Waals surface area contributed by atoms with Crippen molar-refractivity contribution in [3.63, 3.8) is 0 Å². The van der Waals surface area contributed by atoms with Crippen molar-refractivity contribution in [2.24, 2.45) is 7.05 Å². The fourth-order valence-corrected chi connectivity index (χ4v) is 2.93. The molecular weight excluding hydrogens is 300 g/mol. The largest absolute Gasteiger partial charge is 0.398 e. The summed E-state index contributed by atoms with van der Waals surface area (Å²) >= 11 is 5.84. The summed E-state index contributed by atoms with van der Waals surface area (Å²) in [6.45, 7) is 2.04. The number of benzene rings is 1. The van der Waals surface area contributed by atoms with Crippen LogP contribution in [0, 0.1) is 6.92 Å². The van der Waals surface area contributed by atoms with Crippen LogP contribution in [0.15, 0.2) is 29.3 Å². The Balaban J connectivity index is 2.19. The summed E-state index contributed by atoms with van der Waals surface area (Å²) in [6.07, 6.45) is 1.63. The smallest absolute Gasteiger partial charge is 0.240 e. The minimum absolute atomic E-state index is 0.0817. The molecule has 0 saturated heterocycles. The normalized spacial score (nSPS) is 11.8. The van der Waals surface area contributed by atoms with Crippen LogP contribution in [0.1, 0.15) is 11.3 Å². The van der Waals surface area contributed by atoms with Crippen LogP contribution in [0.25, 0.3) is 0 Å². The highest BCUT2D eigenvalue weighted by Crippen LogP contribution is 2.22. The summed E-state index contributed by atoms with van der Waals surface area (Å²) in [7, 11) is -1.83. The monoisotopic (exact) mass is 314 g/mol. The van der Waals surface area contributed by atoms with E-state index in [1.807, 2.05) is 6.92 Å². The van der Waals surface area contributed by atoms with Crippen LogP contribution in [0.2, 0.25) is 5.02 Å². The number of nitrogen functional groups attached to an aromatic ring is 1. The molecule has 8 heteroatoms. The van der Waals surface area contributed by atoms with E-state index in [0.29, 0.717) is 5.69 Å². The molecule has 0 atom stereocenters. The van der Waals surface area contributed by atoms with Gasteiger partial charge in [0, 0.05) is 24.8 Å². The number of rotatable bonds is 4. The number of hydrogen-bond acceptors (Lipinski definition) is 4. The predicted molar refractivity (Wildman–Crippen MR) is 77.8 cm³/mol. The second kappa shape index (κ2) is 5.43. The standard InChI is InChI=1S/C12H15ClN4O2S/c1-8-9(6-15-17(8)2)7-16-20(18,19)10-3-4-12(14)11(13)5-10/h3-6,16H,7,14H2,1-2H3. The van der Waals surface area contributed by atoms with Gasteiger partial charge in [-0.05, 0) is 25.1 Å². The van der Waals surface area contributed by atoms with E-state index in [2.05, 4.69) is 9.82 Å². The number of hydrogen-bond donors (Lipinski definition) is 2. The Morgan fingerprint density at radius 1 is 1.45 bits per heavy atom. The first kappa shape index (κ1) is 14.8. The van der Waals surface area contributed by atoms with E-state index in [1.54, 1.807) is 17.9 Å². The van der Waals surface area contributed by atoms with E-state index < -0.39 is 10.0 Å². The van der Waals surface area contributed by atoms with Crippen molar-refractivity contribution in [2.75, 3.05) is 5.73 Å². The molecule has 3 N–H and O–H groups in total. The lowest BCUT2D eigenvalue weighted by molar-refractivity contribution is 0.581. The van der Waals surface area contributed by atoms with E-state index >= 15 is 0 Å². The molecule has 0 aliphatic rings. The maximum Gasteiger partial charge on any atom is 0.240 e. The van der Waals surface area contributed by atoms with Gasteiger partial charge < -0.3 is 5.73 Å². The molecule has 6 nitrogen and oxygen atoms in total. The van der Waals surface area contributed by atoms with Gasteiger partial charge in [-0.15, -0.1) is 0 Å². The number of anilines is 1. The summed E-state index contributed by atoms with van der Waals surface area (Å²) < 4.78 is 28.5. The fourth-order valence-electron chi connectivity index (χ4n) is 1.65. The molecule has 0 aliphatic heterocycles. The van der Waals surface area contributed by atoms with E-state index in [-0.39, 0.29) is 16.5 Å². The highest BCUT2D eigenvalue weighted by molar-refractivity contribution is 7.89. The first-order valence-corrected chi connectivity index (χ1v) is 7.69. The molecule has 0 aliphatic carbocycles. The number of aromatic nitrogens is 2. The summed E-state index contributed by atoms with van der Waals surface area (Å²) in [4.78, 5) is 0.0817. The lowest BCUT2D eigenvalue weighted by Crippen LogP contribution is -2.23. The zero-order chi connectivity index (χ0) is 14.9. The topological polar surface area (TPSA) is 90.0 Å². The van der Waals surface area contributed by atoms with Gasteiger partial charge in [0.2, 0.25) is 10.0 Å². The first-order chi connectivity index (χ1) is 9.31. The van der Waals surface area contributed by atoms with Crippen molar-refractivity contribution < 1.29 is 8.42 Å². The minimum atomic E-state index is -3.63. The Kier molecular flexibility index (Phi) is 4.03. The number of nitrogens with one attached hydrogen (secondary N) is 1. The molecule has 0 fully saturated rings. The lowest BCUT2D eigenvalue weighted by atomic mass is 10.3. The highest BCUT2D eigenvalue weighted by Gasteiger charge is 2.16. The van der Waals surface area contributed by atoms with Crippen LogP contribution in [0.3, 0.4) is 0 Å². The molecular formula is C12H15ClN4O2S. The van der Waals surface area contributed by atoms with Gasteiger partial charge in [-0.2, -0.15) is 5.10 Å². The Bertz CT molecular complexity index is 740. The molecule has 0 bridgehead atoms. The number of nitrogens with two attached hydrogens (primary N) is 1. The molecule has 1 aromatic heterocycles. The van der Waals surface area contributed by atoms with Crippen molar-refractivity contribution in [3.8, 4) is 0 Å². The van der Waals surface area contributed by atoms with E-state index in [9.17, 15) is 8.42 Å². The molecule has 2 aromatic rings. The van der Waals surface area contributed by atoms with Gasteiger partial charge >= 0.3 is 0 Å². The fraction of sp³-hybridized carbons (Fsp3) is 0.250. The number of sulfonamides is 1. The van der Waals surface area contributed by atoms with Crippen LogP contribution in [-0.2, 0) is 23.6 Å². The zero-order valence-electron chi connectivity index (χ0n) is 11.1. The third kappa shape index (κ3) is 2.95. The molecule has 0 radical (unpaired) electrons. The number of aryl methyl sites for hydroxylation is 1. The van der Waals surface area contributed by atoms with Gasteiger partial charge in [-0.25, -0.2) is 13.1 Å². The van der Waals surface area contributed by atoms with Crippen molar-refractivity contribution >= 4 is 27.3 Å². The summed E-state index contributed by atoms with van der Waals surface area (Å²) in [5, 5.41) is 4.27. The van der Waals surface area contributed by atoms with Crippen LogP contribution in [0.4, 0.5) is 5.69 Å². The van der Waals surface area contributed by atoms with Gasteiger partial charge in [0.05, 0.1) is 21.8 Å². The molecule has 0 unspecified atom stereocenters. The van der Waals surface area contributed by atoms with Gasteiger partial charge in [0.1, 0.15) is 0 Å². The molecule has 0 saturated carbocycles. The Morgan fingerprint density at radius 3 is 2.70 bits per heavy atom. The van der Waals surface area contributed by atoms with Crippen molar-refractivity contribution in [3.05, 3.63) is 40.7 Å².